The number of aromatic carboxylic acids is 1. The van der Waals surface area contributed by atoms with Gasteiger partial charge in [0.2, 0.25) is 0 Å². The summed E-state index contributed by atoms with van der Waals surface area (Å²) in [4.78, 5) is 15.1. The van der Waals surface area contributed by atoms with Crippen molar-refractivity contribution in [2.24, 2.45) is 0 Å². The van der Waals surface area contributed by atoms with Crippen LogP contribution in [-0.4, -0.2) is 29.1 Å². The Morgan fingerprint density at radius 1 is 1.60 bits per heavy atom. The minimum absolute atomic E-state index is 0.475. The summed E-state index contributed by atoms with van der Waals surface area (Å²) in [6, 6.07) is 3.00. The first kappa shape index (κ1) is 9.36. The molecule has 1 aromatic rings. The van der Waals surface area contributed by atoms with Crippen molar-refractivity contribution in [3.63, 3.8) is 0 Å². The summed E-state index contributed by atoms with van der Waals surface area (Å²) in [5, 5.41) is 8.97. The molecule has 0 amide bonds. The van der Waals surface area contributed by atoms with Gasteiger partial charge in [0.25, 0.3) is 0 Å². The zero-order valence-corrected chi connectivity index (χ0v) is 9.38. The highest BCUT2D eigenvalue weighted by Gasteiger charge is 2.38. The monoisotopic (exact) mass is 223 g/mol. The van der Waals surface area contributed by atoms with Gasteiger partial charge in [0.05, 0.1) is 0 Å². The third-order valence-corrected chi connectivity index (χ3v) is 4.83. The van der Waals surface area contributed by atoms with E-state index in [1.54, 1.807) is 0 Å². The van der Waals surface area contributed by atoms with Gasteiger partial charge in [-0.2, -0.15) is 0 Å². The average molecular weight is 223 g/mol. The van der Waals surface area contributed by atoms with E-state index in [1.165, 1.54) is 34.6 Å². The summed E-state index contributed by atoms with van der Waals surface area (Å²) in [5.41, 5.74) is 1.27. The molecule has 80 valence electrons. The molecule has 2 atom stereocenters. The van der Waals surface area contributed by atoms with E-state index in [1.807, 2.05) is 6.07 Å². The van der Waals surface area contributed by atoms with Crippen LogP contribution in [0.4, 0.5) is 0 Å². The fourth-order valence-corrected chi connectivity index (χ4v) is 3.96. The lowest BCUT2D eigenvalue weighted by Gasteiger charge is -2.30. The molecule has 4 heteroatoms. The molecule has 1 aromatic heterocycles. The molecule has 0 aromatic carbocycles. The predicted octanol–water partition coefficient (Wildman–Crippen LogP) is 2.14. The van der Waals surface area contributed by atoms with Gasteiger partial charge in [-0.1, -0.05) is 0 Å². The standard InChI is InChI=1S/C11H13NO2S/c1-12-6-2-3-8(12)7-5-10(11(13)14)15-9(7)4-6/h5-6,8H,2-4H2,1H3,(H,13,14). The minimum Gasteiger partial charge on any atom is -0.477 e. The molecular weight excluding hydrogens is 210 g/mol. The first-order valence-electron chi connectivity index (χ1n) is 5.24. The summed E-state index contributed by atoms with van der Waals surface area (Å²) >= 11 is 1.47. The second-order valence-corrected chi connectivity index (χ2v) is 5.55. The van der Waals surface area contributed by atoms with Gasteiger partial charge in [-0.05, 0) is 37.9 Å². The second kappa shape index (κ2) is 3.06. The minimum atomic E-state index is -0.784. The molecule has 2 unspecified atom stereocenters. The van der Waals surface area contributed by atoms with Crippen LogP contribution in [0.2, 0.25) is 0 Å². The van der Waals surface area contributed by atoms with Gasteiger partial charge in [0.15, 0.2) is 0 Å². The molecule has 0 aliphatic carbocycles. The number of hydrogen-bond acceptors (Lipinski definition) is 3. The van der Waals surface area contributed by atoms with E-state index in [9.17, 15) is 4.79 Å². The third kappa shape index (κ3) is 1.25. The quantitative estimate of drug-likeness (QED) is 0.793. The van der Waals surface area contributed by atoms with Gasteiger partial charge in [-0.15, -0.1) is 11.3 Å². The lowest BCUT2D eigenvalue weighted by atomic mass is 10.0. The summed E-state index contributed by atoms with van der Waals surface area (Å²) in [6.07, 6.45) is 3.48. The molecule has 2 aliphatic heterocycles. The highest BCUT2D eigenvalue weighted by molar-refractivity contribution is 7.14. The number of carboxylic acids is 1. The fourth-order valence-electron chi connectivity index (χ4n) is 2.84. The summed E-state index contributed by atoms with van der Waals surface area (Å²) in [5.74, 6) is -0.784. The van der Waals surface area contributed by atoms with E-state index in [4.69, 9.17) is 5.11 Å². The van der Waals surface area contributed by atoms with Gasteiger partial charge in [-0.25, -0.2) is 4.79 Å². The highest BCUT2D eigenvalue weighted by atomic mass is 32.1. The summed E-state index contributed by atoms with van der Waals surface area (Å²) in [6.45, 7) is 0. The normalized spacial score (nSPS) is 29.1. The van der Waals surface area contributed by atoms with Crippen LogP contribution in [0, 0.1) is 0 Å². The molecule has 1 N–H and O–H groups in total. The van der Waals surface area contributed by atoms with E-state index in [0.717, 1.165) is 6.42 Å². The first-order chi connectivity index (χ1) is 7.16. The molecule has 1 fully saturated rings. The number of rotatable bonds is 1. The number of thiophene rings is 1. The predicted molar refractivity (Wildman–Crippen MR) is 58.5 cm³/mol. The van der Waals surface area contributed by atoms with Gasteiger partial charge in [0, 0.05) is 17.0 Å². The van der Waals surface area contributed by atoms with Gasteiger partial charge in [-0.3, -0.25) is 4.90 Å². The van der Waals surface area contributed by atoms with E-state index >= 15 is 0 Å². The fraction of sp³-hybridized carbons (Fsp3) is 0.545. The molecular formula is C11H13NO2S. The Balaban J connectivity index is 2.06. The molecule has 0 saturated carbocycles. The number of hydrogen-bond donors (Lipinski definition) is 1. The van der Waals surface area contributed by atoms with Crippen molar-refractivity contribution in [3.05, 3.63) is 21.4 Å². The van der Waals surface area contributed by atoms with E-state index in [-0.39, 0.29) is 0 Å². The summed E-state index contributed by atoms with van der Waals surface area (Å²) in [7, 11) is 2.16. The Hall–Kier alpha value is -0.870. The maximum absolute atomic E-state index is 10.9. The second-order valence-electron chi connectivity index (χ2n) is 4.41. The summed E-state index contributed by atoms with van der Waals surface area (Å²) < 4.78 is 0. The number of fused-ring (bicyclic) bond motifs is 4. The third-order valence-electron chi connectivity index (χ3n) is 3.67. The van der Waals surface area contributed by atoms with Crippen molar-refractivity contribution in [2.75, 3.05) is 7.05 Å². The zero-order chi connectivity index (χ0) is 10.6. The molecule has 0 spiro atoms. The molecule has 2 bridgehead atoms. The zero-order valence-electron chi connectivity index (χ0n) is 8.56. The number of carbonyl (C=O) groups is 1. The van der Waals surface area contributed by atoms with Crippen molar-refractivity contribution in [2.45, 2.75) is 31.3 Å². The van der Waals surface area contributed by atoms with Gasteiger partial charge < -0.3 is 5.11 Å². The van der Waals surface area contributed by atoms with Crippen molar-refractivity contribution in [3.8, 4) is 0 Å². The number of carboxylic acid groups (broad SMARTS) is 1. The first-order valence-corrected chi connectivity index (χ1v) is 6.06. The molecule has 0 radical (unpaired) electrons. The van der Waals surface area contributed by atoms with Crippen LogP contribution in [0.15, 0.2) is 6.07 Å². The number of nitrogens with zero attached hydrogens (tertiary/aromatic N) is 1. The molecule has 1 saturated heterocycles. The lowest BCUT2D eigenvalue weighted by molar-refractivity contribution is 0.0702. The SMILES string of the molecule is CN1C2CCC1c1cc(C(=O)O)sc1C2. The van der Waals surface area contributed by atoms with Crippen LogP contribution in [-0.2, 0) is 6.42 Å². The Bertz CT molecular complexity index is 426. The van der Waals surface area contributed by atoms with E-state index in [0.29, 0.717) is 17.0 Å². The van der Waals surface area contributed by atoms with Crippen molar-refractivity contribution in [1.82, 2.24) is 4.90 Å². The van der Waals surface area contributed by atoms with Crippen LogP contribution in [0.1, 0.15) is 39.0 Å². The van der Waals surface area contributed by atoms with Gasteiger partial charge in [0.1, 0.15) is 4.88 Å². The van der Waals surface area contributed by atoms with E-state index in [2.05, 4.69) is 11.9 Å². The Labute approximate surface area is 92.3 Å². The van der Waals surface area contributed by atoms with Crippen LogP contribution >= 0.6 is 11.3 Å². The van der Waals surface area contributed by atoms with Crippen LogP contribution in [0.3, 0.4) is 0 Å². The van der Waals surface area contributed by atoms with Crippen LogP contribution in [0.5, 0.6) is 0 Å². The maximum atomic E-state index is 10.9. The van der Waals surface area contributed by atoms with Gasteiger partial charge >= 0.3 is 5.97 Å². The Kier molecular flexibility index (Phi) is 1.91. The van der Waals surface area contributed by atoms with Crippen LogP contribution < -0.4 is 0 Å². The smallest absolute Gasteiger partial charge is 0.345 e. The number of likely N-dealkylation sites (N-methyl/N-ethyl adjacent to an activating group) is 1. The van der Waals surface area contributed by atoms with E-state index < -0.39 is 5.97 Å². The Morgan fingerprint density at radius 2 is 2.40 bits per heavy atom. The Morgan fingerprint density at radius 3 is 3.13 bits per heavy atom. The highest BCUT2D eigenvalue weighted by Crippen LogP contribution is 2.45. The maximum Gasteiger partial charge on any atom is 0.345 e. The van der Waals surface area contributed by atoms with Crippen molar-refractivity contribution in [1.29, 1.82) is 0 Å². The topological polar surface area (TPSA) is 40.5 Å². The molecule has 3 nitrogen and oxygen atoms in total. The molecule has 3 rings (SSSR count). The molecule has 15 heavy (non-hydrogen) atoms. The van der Waals surface area contributed by atoms with Crippen LogP contribution in [0.25, 0.3) is 0 Å². The van der Waals surface area contributed by atoms with Crippen molar-refractivity contribution < 1.29 is 9.90 Å². The largest absolute Gasteiger partial charge is 0.477 e. The van der Waals surface area contributed by atoms with Crippen molar-refractivity contribution >= 4 is 17.3 Å². The molecule has 3 heterocycles. The molecule has 2 aliphatic rings. The average Bonchev–Trinajstić information content (AvgIpc) is 2.70. The lowest BCUT2D eigenvalue weighted by Crippen LogP contribution is -2.33.